The highest BCUT2D eigenvalue weighted by atomic mass is 16.3. The molecule has 162 valence electrons. The summed E-state index contributed by atoms with van der Waals surface area (Å²) in [4.78, 5) is 23.4. The van der Waals surface area contributed by atoms with Crippen LogP contribution in [0.3, 0.4) is 0 Å². The molecule has 2 N–H and O–H groups in total. The molecule has 0 radical (unpaired) electrons. The van der Waals surface area contributed by atoms with E-state index in [1.807, 2.05) is 26.0 Å². The molecule has 1 aromatic rings. The van der Waals surface area contributed by atoms with Gasteiger partial charge in [0, 0.05) is 45.7 Å². The Bertz CT molecular complexity index is 623. The van der Waals surface area contributed by atoms with Gasteiger partial charge in [-0.1, -0.05) is 20.3 Å². The van der Waals surface area contributed by atoms with Crippen LogP contribution in [0.2, 0.25) is 0 Å². The zero-order chi connectivity index (χ0) is 20.6. The van der Waals surface area contributed by atoms with Gasteiger partial charge in [-0.3, -0.25) is 9.69 Å². The summed E-state index contributed by atoms with van der Waals surface area (Å²) in [5, 5.41) is 13.4. The summed E-state index contributed by atoms with van der Waals surface area (Å²) < 4.78 is 0. The normalized spacial score (nSPS) is 20.1. The van der Waals surface area contributed by atoms with Gasteiger partial charge in [-0.15, -0.1) is 0 Å². The van der Waals surface area contributed by atoms with E-state index in [-0.39, 0.29) is 12.0 Å². The highest BCUT2D eigenvalue weighted by Gasteiger charge is 2.22. The highest BCUT2D eigenvalue weighted by Crippen LogP contribution is 2.17. The monoisotopic (exact) mass is 403 g/mol. The summed E-state index contributed by atoms with van der Waals surface area (Å²) in [6, 6.07) is 3.90. The van der Waals surface area contributed by atoms with Crippen LogP contribution in [0.25, 0.3) is 0 Å². The van der Waals surface area contributed by atoms with Crippen LogP contribution in [0.5, 0.6) is 0 Å². The minimum Gasteiger partial charge on any atom is -0.390 e. The number of aliphatic hydroxyl groups excluding tert-OH is 1. The van der Waals surface area contributed by atoms with Crippen LogP contribution in [0.15, 0.2) is 18.3 Å². The van der Waals surface area contributed by atoms with Crippen molar-refractivity contribution in [2.24, 2.45) is 5.92 Å². The predicted molar refractivity (Wildman–Crippen MR) is 117 cm³/mol. The van der Waals surface area contributed by atoms with Crippen molar-refractivity contribution < 1.29 is 9.90 Å². The molecule has 1 atom stereocenters. The number of rotatable bonds is 8. The van der Waals surface area contributed by atoms with E-state index in [0.29, 0.717) is 12.3 Å². The van der Waals surface area contributed by atoms with Crippen LogP contribution in [-0.2, 0) is 4.79 Å². The van der Waals surface area contributed by atoms with Crippen LogP contribution in [-0.4, -0.2) is 84.3 Å². The van der Waals surface area contributed by atoms with E-state index >= 15 is 0 Å². The first-order chi connectivity index (χ1) is 14.0. The quantitative estimate of drug-likeness (QED) is 0.692. The largest absolute Gasteiger partial charge is 0.390 e. The second-order valence-electron chi connectivity index (χ2n) is 8.85. The lowest BCUT2D eigenvalue weighted by Gasteiger charge is -2.37. The number of likely N-dealkylation sites (tertiary alicyclic amines) is 1. The van der Waals surface area contributed by atoms with Crippen molar-refractivity contribution in [2.45, 2.75) is 45.6 Å². The topological polar surface area (TPSA) is 71.9 Å². The van der Waals surface area contributed by atoms with Crippen molar-refractivity contribution in [1.29, 1.82) is 0 Å². The zero-order valence-electron chi connectivity index (χ0n) is 18.0. The summed E-state index contributed by atoms with van der Waals surface area (Å²) >= 11 is 0. The Balaban J connectivity index is 1.40. The van der Waals surface area contributed by atoms with E-state index < -0.39 is 0 Å². The fraction of sp³-hybridized carbons (Fsp3) is 0.727. The van der Waals surface area contributed by atoms with Crippen molar-refractivity contribution in [3.8, 4) is 0 Å². The molecule has 3 rings (SSSR count). The van der Waals surface area contributed by atoms with Gasteiger partial charge in [0.15, 0.2) is 0 Å². The number of β-amino-alcohol motifs (C(OH)–C–C–N with tert-alkyl or cyclic N) is 1. The van der Waals surface area contributed by atoms with Gasteiger partial charge in [-0.2, -0.15) is 0 Å². The van der Waals surface area contributed by atoms with Crippen LogP contribution in [0.1, 0.15) is 39.5 Å². The van der Waals surface area contributed by atoms with Crippen LogP contribution in [0.4, 0.5) is 11.5 Å². The van der Waals surface area contributed by atoms with E-state index in [4.69, 9.17) is 0 Å². The Morgan fingerprint density at radius 1 is 1.03 bits per heavy atom. The molecule has 2 fully saturated rings. The summed E-state index contributed by atoms with van der Waals surface area (Å²) in [5.74, 6) is 1.32. The molecular weight excluding hydrogens is 366 g/mol. The molecule has 3 heterocycles. The standard InChI is InChI=1S/C22H37N5O2/c1-18(2)14-22(29)24-19-6-7-21(23-15-19)27-12-10-26(11-13-27)17-20(28)16-25-8-4-3-5-9-25/h6-7,15,18,20,28H,3-5,8-14,16-17H2,1-2H3,(H,24,29)/t20-/m1/s1. The molecule has 2 aliphatic rings. The third-order valence-corrected chi connectivity index (χ3v) is 5.71. The average Bonchev–Trinajstić information content (AvgIpc) is 2.69. The van der Waals surface area contributed by atoms with E-state index in [0.717, 1.165) is 63.9 Å². The lowest BCUT2D eigenvalue weighted by Crippen LogP contribution is -2.50. The van der Waals surface area contributed by atoms with Crippen molar-refractivity contribution in [2.75, 3.05) is 62.6 Å². The van der Waals surface area contributed by atoms with Gasteiger partial charge in [0.1, 0.15) is 5.82 Å². The number of anilines is 2. The number of nitrogens with one attached hydrogen (secondary N) is 1. The molecule has 0 bridgehead atoms. The molecule has 7 heteroatoms. The maximum absolute atomic E-state index is 11.9. The second kappa shape index (κ2) is 10.9. The summed E-state index contributed by atoms with van der Waals surface area (Å²) in [6.07, 6.45) is 5.84. The highest BCUT2D eigenvalue weighted by molar-refractivity contribution is 5.90. The number of hydrogen-bond donors (Lipinski definition) is 2. The van der Waals surface area contributed by atoms with E-state index in [9.17, 15) is 9.90 Å². The van der Waals surface area contributed by atoms with Gasteiger partial charge in [0.25, 0.3) is 0 Å². The molecule has 7 nitrogen and oxygen atoms in total. The molecule has 29 heavy (non-hydrogen) atoms. The Kier molecular flexibility index (Phi) is 8.27. The molecule has 1 amide bonds. The van der Waals surface area contributed by atoms with Crippen molar-refractivity contribution in [3.63, 3.8) is 0 Å². The maximum Gasteiger partial charge on any atom is 0.224 e. The molecule has 0 aliphatic carbocycles. The number of aliphatic hydroxyl groups is 1. The average molecular weight is 404 g/mol. The summed E-state index contributed by atoms with van der Waals surface area (Å²) in [6.45, 7) is 11.6. The maximum atomic E-state index is 11.9. The van der Waals surface area contributed by atoms with Crippen LogP contribution in [0, 0.1) is 5.92 Å². The third kappa shape index (κ3) is 7.24. The molecule has 2 aliphatic heterocycles. The molecule has 1 aromatic heterocycles. The van der Waals surface area contributed by atoms with Gasteiger partial charge in [0.05, 0.1) is 18.0 Å². The fourth-order valence-electron chi connectivity index (χ4n) is 4.19. The Hall–Kier alpha value is -1.70. The second-order valence-corrected chi connectivity index (χ2v) is 8.85. The van der Waals surface area contributed by atoms with Gasteiger partial charge >= 0.3 is 0 Å². The molecule has 0 spiro atoms. The first-order valence-electron chi connectivity index (χ1n) is 11.1. The van der Waals surface area contributed by atoms with E-state index in [1.54, 1.807) is 6.20 Å². The SMILES string of the molecule is CC(C)CC(=O)Nc1ccc(N2CCN(C[C@H](O)CN3CCCCC3)CC2)nc1. The van der Waals surface area contributed by atoms with Gasteiger partial charge in [-0.05, 0) is 44.0 Å². The number of hydrogen-bond acceptors (Lipinski definition) is 6. The number of amides is 1. The molecule has 0 unspecified atom stereocenters. The number of nitrogens with zero attached hydrogens (tertiary/aromatic N) is 4. The van der Waals surface area contributed by atoms with E-state index in [1.165, 1.54) is 19.3 Å². The first kappa shape index (κ1) is 22.0. The lowest BCUT2D eigenvalue weighted by atomic mass is 10.1. The van der Waals surface area contributed by atoms with Gasteiger partial charge in [-0.25, -0.2) is 4.98 Å². The molecule has 0 saturated carbocycles. The number of carbonyl (C=O) groups is 1. The lowest BCUT2D eigenvalue weighted by molar-refractivity contribution is -0.116. The number of piperazine rings is 1. The first-order valence-corrected chi connectivity index (χ1v) is 11.1. The minimum absolute atomic E-state index is 0.0336. The van der Waals surface area contributed by atoms with Crippen molar-refractivity contribution in [1.82, 2.24) is 14.8 Å². The Labute approximate surface area is 175 Å². The minimum atomic E-state index is -0.272. The smallest absolute Gasteiger partial charge is 0.224 e. The molecule has 2 saturated heterocycles. The third-order valence-electron chi connectivity index (χ3n) is 5.71. The van der Waals surface area contributed by atoms with Crippen LogP contribution >= 0.6 is 0 Å². The Morgan fingerprint density at radius 2 is 1.69 bits per heavy atom. The molecule has 0 aromatic carbocycles. The van der Waals surface area contributed by atoms with Crippen molar-refractivity contribution in [3.05, 3.63) is 18.3 Å². The van der Waals surface area contributed by atoms with Gasteiger partial charge in [0.2, 0.25) is 5.91 Å². The molecular formula is C22H37N5O2. The van der Waals surface area contributed by atoms with Crippen LogP contribution < -0.4 is 10.2 Å². The fourth-order valence-corrected chi connectivity index (χ4v) is 4.19. The number of carbonyl (C=O) groups excluding carboxylic acids is 1. The summed E-state index contributed by atoms with van der Waals surface area (Å²) in [7, 11) is 0. The number of piperidine rings is 1. The predicted octanol–water partition coefficient (Wildman–Crippen LogP) is 2.04. The zero-order valence-corrected chi connectivity index (χ0v) is 18.0. The summed E-state index contributed by atoms with van der Waals surface area (Å²) in [5.41, 5.74) is 0.749. The number of aromatic nitrogens is 1. The van der Waals surface area contributed by atoms with Gasteiger partial charge < -0.3 is 20.2 Å². The number of pyridine rings is 1. The van der Waals surface area contributed by atoms with Crippen molar-refractivity contribution >= 4 is 17.4 Å². The Morgan fingerprint density at radius 3 is 2.28 bits per heavy atom. The van der Waals surface area contributed by atoms with E-state index in [2.05, 4.69) is 25.0 Å².